The molecule has 4 rings (SSSR count). The van der Waals surface area contributed by atoms with Gasteiger partial charge in [-0.1, -0.05) is 25.1 Å². The van der Waals surface area contributed by atoms with Gasteiger partial charge in [-0.05, 0) is 37.0 Å². The molecule has 3 heteroatoms. The van der Waals surface area contributed by atoms with E-state index in [1.54, 1.807) is 0 Å². The minimum absolute atomic E-state index is 0.0702. The van der Waals surface area contributed by atoms with Crippen LogP contribution in [0.2, 0.25) is 0 Å². The quantitative estimate of drug-likeness (QED) is 0.767. The second-order valence-electron chi connectivity index (χ2n) is 5.72. The zero-order valence-corrected chi connectivity index (χ0v) is 13.0. The fourth-order valence-corrected chi connectivity index (χ4v) is 4.64. The van der Waals surface area contributed by atoms with E-state index in [0.29, 0.717) is 0 Å². The monoisotopic (exact) mass is 297 g/mol. The smallest absolute Gasteiger partial charge is 0.134 e. The Bertz CT molecular complexity index is 777. The van der Waals surface area contributed by atoms with Gasteiger partial charge in [-0.2, -0.15) is 0 Å². The molecular formula is C18H19NOS. The van der Waals surface area contributed by atoms with E-state index in [-0.39, 0.29) is 6.04 Å². The summed E-state index contributed by atoms with van der Waals surface area (Å²) in [4.78, 5) is 2.81. The van der Waals surface area contributed by atoms with E-state index in [4.69, 9.17) is 10.2 Å². The first kappa shape index (κ1) is 13.1. The van der Waals surface area contributed by atoms with Gasteiger partial charge in [-0.3, -0.25) is 0 Å². The van der Waals surface area contributed by atoms with Crippen LogP contribution >= 0.6 is 11.3 Å². The van der Waals surface area contributed by atoms with E-state index < -0.39 is 0 Å². The van der Waals surface area contributed by atoms with Crippen LogP contribution in [0.1, 0.15) is 46.0 Å². The Morgan fingerprint density at radius 1 is 1.29 bits per heavy atom. The molecule has 1 aliphatic rings. The molecule has 108 valence electrons. The minimum atomic E-state index is -0.0702. The number of benzene rings is 1. The predicted molar refractivity (Wildman–Crippen MR) is 88.0 cm³/mol. The first-order valence-corrected chi connectivity index (χ1v) is 8.47. The maximum atomic E-state index is 6.61. The lowest BCUT2D eigenvalue weighted by atomic mass is 10.0. The molecule has 2 nitrogen and oxygen atoms in total. The number of thiophene rings is 1. The van der Waals surface area contributed by atoms with Crippen molar-refractivity contribution in [1.82, 2.24) is 0 Å². The van der Waals surface area contributed by atoms with Crippen LogP contribution in [-0.2, 0) is 19.3 Å². The number of aryl methyl sites for hydroxylation is 3. The Labute approximate surface area is 128 Å². The van der Waals surface area contributed by atoms with Crippen LogP contribution < -0.4 is 5.73 Å². The molecule has 0 radical (unpaired) electrons. The fourth-order valence-electron chi connectivity index (χ4n) is 3.37. The molecule has 2 N–H and O–H groups in total. The van der Waals surface area contributed by atoms with Crippen molar-refractivity contribution in [2.45, 2.75) is 38.6 Å². The van der Waals surface area contributed by atoms with Crippen molar-refractivity contribution >= 4 is 22.3 Å². The lowest BCUT2D eigenvalue weighted by Crippen LogP contribution is -2.11. The minimum Gasteiger partial charge on any atom is -0.461 e. The van der Waals surface area contributed by atoms with Gasteiger partial charge in [0.25, 0.3) is 0 Å². The average molecular weight is 297 g/mol. The number of nitrogens with two attached hydrogens (primary N) is 1. The molecule has 2 aromatic heterocycles. The van der Waals surface area contributed by atoms with Crippen LogP contribution in [-0.4, -0.2) is 0 Å². The van der Waals surface area contributed by atoms with Crippen LogP contribution in [0.5, 0.6) is 0 Å². The van der Waals surface area contributed by atoms with Crippen LogP contribution in [0.3, 0.4) is 0 Å². The zero-order chi connectivity index (χ0) is 14.4. The highest BCUT2D eigenvalue weighted by Crippen LogP contribution is 2.39. The third-order valence-electron chi connectivity index (χ3n) is 4.42. The molecule has 1 aliphatic carbocycles. The SMILES string of the molecule is CCc1oc2ccccc2c1C(N)c1cc2c(s1)CCC2. The van der Waals surface area contributed by atoms with Crippen molar-refractivity contribution in [3.63, 3.8) is 0 Å². The molecule has 0 aliphatic heterocycles. The Morgan fingerprint density at radius 2 is 2.14 bits per heavy atom. The predicted octanol–water partition coefficient (Wildman–Crippen LogP) is 4.59. The lowest BCUT2D eigenvalue weighted by Gasteiger charge is -2.10. The van der Waals surface area contributed by atoms with Crippen LogP contribution in [0, 0.1) is 0 Å². The Morgan fingerprint density at radius 3 is 2.95 bits per heavy atom. The molecule has 21 heavy (non-hydrogen) atoms. The van der Waals surface area contributed by atoms with E-state index in [1.807, 2.05) is 23.5 Å². The summed E-state index contributed by atoms with van der Waals surface area (Å²) in [7, 11) is 0. The van der Waals surface area contributed by atoms with Crippen LogP contribution in [0.4, 0.5) is 0 Å². The average Bonchev–Trinajstić information content (AvgIpc) is 3.17. The summed E-state index contributed by atoms with van der Waals surface area (Å²) in [5, 5.41) is 1.16. The highest BCUT2D eigenvalue weighted by atomic mass is 32.1. The number of furan rings is 1. The van der Waals surface area contributed by atoms with Gasteiger partial charge < -0.3 is 10.2 Å². The van der Waals surface area contributed by atoms with Gasteiger partial charge in [-0.25, -0.2) is 0 Å². The number of fused-ring (bicyclic) bond motifs is 2. The molecule has 0 amide bonds. The van der Waals surface area contributed by atoms with E-state index in [9.17, 15) is 0 Å². The van der Waals surface area contributed by atoms with Crippen molar-refractivity contribution in [1.29, 1.82) is 0 Å². The number of hydrogen-bond acceptors (Lipinski definition) is 3. The summed E-state index contributed by atoms with van der Waals surface area (Å²) < 4.78 is 5.99. The van der Waals surface area contributed by atoms with Crippen molar-refractivity contribution in [3.8, 4) is 0 Å². The van der Waals surface area contributed by atoms with Crippen LogP contribution in [0.25, 0.3) is 11.0 Å². The topological polar surface area (TPSA) is 39.2 Å². The summed E-state index contributed by atoms with van der Waals surface area (Å²) in [5.41, 5.74) is 10.2. The maximum Gasteiger partial charge on any atom is 0.134 e. The van der Waals surface area contributed by atoms with Gasteiger partial charge >= 0.3 is 0 Å². The highest BCUT2D eigenvalue weighted by Gasteiger charge is 2.24. The number of rotatable bonds is 3. The molecule has 1 unspecified atom stereocenters. The summed E-state index contributed by atoms with van der Waals surface area (Å²) in [6.07, 6.45) is 4.61. The van der Waals surface area contributed by atoms with Crippen molar-refractivity contribution < 1.29 is 4.42 Å². The second kappa shape index (κ2) is 5.00. The molecule has 0 fully saturated rings. The summed E-state index contributed by atoms with van der Waals surface area (Å²) in [6, 6.07) is 10.5. The van der Waals surface area contributed by atoms with Crippen molar-refractivity contribution in [3.05, 3.63) is 57.0 Å². The van der Waals surface area contributed by atoms with Crippen molar-refractivity contribution in [2.24, 2.45) is 5.73 Å². The summed E-state index contributed by atoms with van der Waals surface area (Å²) in [5.74, 6) is 1.03. The third kappa shape index (κ3) is 2.03. The standard InChI is InChI=1S/C18H19NOS/c1-2-13-17(12-7-3-4-8-14(12)20-13)18(19)16-10-11-6-5-9-15(11)21-16/h3-4,7-8,10,18H,2,5-6,9,19H2,1H3. The summed E-state index contributed by atoms with van der Waals surface area (Å²) >= 11 is 1.89. The molecule has 0 spiro atoms. The Kier molecular flexibility index (Phi) is 3.12. The largest absolute Gasteiger partial charge is 0.461 e. The van der Waals surface area contributed by atoms with E-state index >= 15 is 0 Å². The first-order valence-electron chi connectivity index (χ1n) is 7.65. The maximum absolute atomic E-state index is 6.61. The Hall–Kier alpha value is -1.58. The molecule has 1 aromatic carbocycles. The van der Waals surface area contributed by atoms with Crippen LogP contribution in [0.15, 0.2) is 34.7 Å². The van der Waals surface area contributed by atoms with Gasteiger partial charge in [0.1, 0.15) is 11.3 Å². The number of hydrogen-bond donors (Lipinski definition) is 1. The molecule has 2 heterocycles. The van der Waals surface area contributed by atoms with Gasteiger partial charge in [0.15, 0.2) is 0 Å². The van der Waals surface area contributed by atoms with E-state index in [0.717, 1.165) is 23.2 Å². The Balaban J connectivity index is 1.84. The number of para-hydroxylation sites is 1. The van der Waals surface area contributed by atoms with Gasteiger partial charge in [0, 0.05) is 27.1 Å². The van der Waals surface area contributed by atoms with Gasteiger partial charge in [-0.15, -0.1) is 11.3 Å². The van der Waals surface area contributed by atoms with Gasteiger partial charge in [0.05, 0.1) is 6.04 Å². The van der Waals surface area contributed by atoms with E-state index in [2.05, 4.69) is 25.1 Å². The summed E-state index contributed by atoms with van der Waals surface area (Å²) in [6.45, 7) is 2.13. The lowest BCUT2D eigenvalue weighted by molar-refractivity contribution is 0.547. The zero-order valence-electron chi connectivity index (χ0n) is 12.2. The third-order valence-corrected chi connectivity index (χ3v) is 5.74. The normalized spacial score (nSPS) is 15.5. The molecule has 3 aromatic rings. The highest BCUT2D eigenvalue weighted by molar-refractivity contribution is 7.12. The molecule has 0 saturated heterocycles. The fraction of sp³-hybridized carbons (Fsp3) is 0.333. The molecule has 1 atom stereocenters. The van der Waals surface area contributed by atoms with Crippen molar-refractivity contribution in [2.75, 3.05) is 0 Å². The van der Waals surface area contributed by atoms with Gasteiger partial charge in [0.2, 0.25) is 0 Å². The molecule has 0 bridgehead atoms. The first-order chi connectivity index (χ1) is 10.3. The second-order valence-corrected chi connectivity index (χ2v) is 6.89. The van der Waals surface area contributed by atoms with E-state index in [1.165, 1.54) is 40.1 Å². The molecule has 0 saturated carbocycles. The molecular weight excluding hydrogens is 278 g/mol.